The number of nitrogens with one attached hydrogen (secondary N) is 2. The number of aromatic nitrogens is 1. The lowest BCUT2D eigenvalue weighted by molar-refractivity contribution is 0.102. The van der Waals surface area contributed by atoms with E-state index in [2.05, 4.69) is 15.0 Å². The first-order valence-electron chi connectivity index (χ1n) is 9.17. The number of rotatable bonds is 5. The quantitative estimate of drug-likeness (QED) is 0.472. The lowest BCUT2D eigenvalue weighted by atomic mass is 10.2. The molecule has 0 fully saturated rings. The maximum atomic E-state index is 12.6. The zero-order chi connectivity index (χ0) is 21.4. The summed E-state index contributed by atoms with van der Waals surface area (Å²) in [5.74, 6) is 0.934. The number of thiazole rings is 1. The highest BCUT2D eigenvalue weighted by atomic mass is 32.2. The van der Waals surface area contributed by atoms with Crippen LogP contribution in [0, 0.1) is 0 Å². The Balaban J connectivity index is 1.30. The van der Waals surface area contributed by atoms with Crippen molar-refractivity contribution in [2.75, 3.05) is 16.8 Å². The van der Waals surface area contributed by atoms with E-state index in [1.807, 2.05) is 6.07 Å². The molecule has 1 aliphatic rings. The van der Waals surface area contributed by atoms with Crippen LogP contribution in [-0.2, 0) is 10.0 Å². The van der Waals surface area contributed by atoms with Gasteiger partial charge in [-0.15, -0.1) is 0 Å². The molecule has 0 saturated heterocycles. The van der Waals surface area contributed by atoms with Crippen molar-refractivity contribution < 1.29 is 22.7 Å². The highest BCUT2D eigenvalue weighted by Gasteiger charge is 2.18. The van der Waals surface area contributed by atoms with Gasteiger partial charge in [-0.1, -0.05) is 29.5 Å². The maximum Gasteiger partial charge on any atom is 0.261 e. The highest BCUT2D eigenvalue weighted by molar-refractivity contribution is 7.92. The summed E-state index contributed by atoms with van der Waals surface area (Å²) >= 11 is 1.32. The molecule has 0 bridgehead atoms. The smallest absolute Gasteiger partial charge is 0.261 e. The molecule has 0 unspecified atom stereocenters. The zero-order valence-corrected chi connectivity index (χ0v) is 17.5. The number of hydrogen-bond acceptors (Lipinski definition) is 7. The van der Waals surface area contributed by atoms with Gasteiger partial charge in [0, 0.05) is 23.4 Å². The summed E-state index contributed by atoms with van der Waals surface area (Å²) in [5.41, 5.74) is 1.43. The normalized spacial score (nSPS) is 12.6. The van der Waals surface area contributed by atoms with Gasteiger partial charge in [0.2, 0.25) is 6.79 Å². The molecule has 0 aliphatic carbocycles. The Hall–Kier alpha value is -3.63. The first kappa shape index (κ1) is 19.3. The Morgan fingerprint density at radius 3 is 2.42 bits per heavy atom. The van der Waals surface area contributed by atoms with Crippen molar-refractivity contribution in [2.24, 2.45) is 0 Å². The van der Waals surface area contributed by atoms with Crippen LogP contribution in [-0.4, -0.2) is 26.1 Å². The number of benzene rings is 3. The minimum atomic E-state index is -3.69. The molecule has 10 heteroatoms. The summed E-state index contributed by atoms with van der Waals surface area (Å²) in [4.78, 5) is 17.2. The number of sulfonamides is 1. The van der Waals surface area contributed by atoms with Gasteiger partial charge in [-0.2, -0.15) is 0 Å². The molecular formula is C21H15N3O5S2. The number of carbonyl (C=O) groups excluding carboxylic acids is 1. The SMILES string of the molecule is O=C(Nc1nc2cc3c(cc2s1)OCO3)c1ccc(NS(=O)(=O)c2ccccc2)cc1. The monoisotopic (exact) mass is 453 g/mol. The second-order valence-electron chi connectivity index (χ2n) is 6.64. The van der Waals surface area contributed by atoms with Crippen molar-refractivity contribution in [1.82, 2.24) is 4.98 Å². The number of fused-ring (bicyclic) bond motifs is 2. The molecule has 0 radical (unpaired) electrons. The maximum absolute atomic E-state index is 12.6. The van der Waals surface area contributed by atoms with E-state index in [0.717, 1.165) is 4.70 Å². The van der Waals surface area contributed by atoms with Gasteiger partial charge in [0.15, 0.2) is 16.6 Å². The van der Waals surface area contributed by atoms with E-state index < -0.39 is 10.0 Å². The minimum Gasteiger partial charge on any atom is -0.454 e. The number of anilines is 2. The third kappa shape index (κ3) is 3.90. The summed E-state index contributed by atoms with van der Waals surface area (Å²) in [5, 5.41) is 3.21. The Morgan fingerprint density at radius 1 is 0.968 bits per heavy atom. The molecule has 4 aromatic rings. The highest BCUT2D eigenvalue weighted by Crippen LogP contribution is 2.39. The Labute approximate surface area is 181 Å². The molecule has 3 aromatic carbocycles. The number of amides is 1. The fourth-order valence-corrected chi connectivity index (χ4v) is 5.00. The van der Waals surface area contributed by atoms with Gasteiger partial charge in [-0.05, 0) is 36.4 Å². The van der Waals surface area contributed by atoms with E-state index in [0.29, 0.717) is 33.4 Å². The molecule has 1 aromatic heterocycles. The summed E-state index contributed by atoms with van der Waals surface area (Å²) in [6, 6.07) is 17.8. The Bertz CT molecular complexity index is 1340. The minimum absolute atomic E-state index is 0.162. The molecule has 5 rings (SSSR count). The predicted octanol–water partition coefficient (Wildman–Crippen LogP) is 4.08. The standard InChI is InChI=1S/C21H15N3O5S2/c25-20(23-21-22-16-10-17-18(29-12-28-17)11-19(16)30-21)13-6-8-14(9-7-13)24-31(26,27)15-4-2-1-3-5-15/h1-11,24H,12H2,(H,22,23,25). The topological polar surface area (TPSA) is 107 Å². The lowest BCUT2D eigenvalue weighted by Crippen LogP contribution is -2.14. The summed E-state index contributed by atoms with van der Waals surface area (Å²) in [6.45, 7) is 0.188. The average Bonchev–Trinajstić information content (AvgIpc) is 3.38. The van der Waals surface area contributed by atoms with Gasteiger partial charge in [0.1, 0.15) is 0 Å². The number of nitrogens with zero attached hydrogens (tertiary/aromatic N) is 1. The second kappa shape index (κ2) is 7.56. The fourth-order valence-electron chi connectivity index (χ4n) is 3.04. The van der Waals surface area contributed by atoms with E-state index in [9.17, 15) is 13.2 Å². The van der Waals surface area contributed by atoms with Crippen LogP contribution in [0.5, 0.6) is 11.5 Å². The van der Waals surface area contributed by atoms with Crippen molar-refractivity contribution in [3.05, 3.63) is 72.3 Å². The van der Waals surface area contributed by atoms with Crippen LogP contribution in [0.25, 0.3) is 10.2 Å². The van der Waals surface area contributed by atoms with Crippen molar-refractivity contribution >= 4 is 48.3 Å². The molecular weight excluding hydrogens is 438 g/mol. The van der Waals surface area contributed by atoms with Gasteiger partial charge >= 0.3 is 0 Å². The van der Waals surface area contributed by atoms with Crippen molar-refractivity contribution in [2.45, 2.75) is 4.90 Å². The van der Waals surface area contributed by atoms with Gasteiger partial charge in [0.25, 0.3) is 15.9 Å². The molecule has 1 aliphatic heterocycles. The van der Waals surface area contributed by atoms with Crippen LogP contribution in [0.15, 0.2) is 71.6 Å². The zero-order valence-electron chi connectivity index (χ0n) is 15.9. The average molecular weight is 454 g/mol. The Morgan fingerprint density at radius 2 is 1.68 bits per heavy atom. The molecule has 2 N–H and O–H groups in total. The number of hydrogen-bond donors (Lipinski definition) is 2. The van der Waals surface area contributed by atoms with Crippen molar-refractivity contribution in [1.29, 1.82) is 0 Å². The van der Waals surface area contributed by atoms with Crippen LogP contribution >= 0.6 is 11.3 Å². The van der Waals surface area contributed by atoms with E-state index >= 15 is 0 Å². The van der Waals surface area contributed by atoms with E-state index in [4.69, 9.17) is 9.47 Å². The molecule has 0 atom stereocenters. The van der Waals surface area contributed by atoms with Crippen molar-refractivity contribution in [3.8, 4) is 11.5 Å². The fraction of sp³-hybridized carbons (Fsp3) is 0.0476. The summed E-state index contributed by atoms with van der Waals surface area (Å²) < 4.78 is 38.9. The molecule has 2 heterocycles. The van der Waals surface area contributed by atoms with E-state index in [-0.39, 0.29) is 17.6 Å². The van der Waals surface area contributed by atoms with Gasteiger partial charge in [-0.3, -0.25) is 14.8 Å². The van der Waals surface area contributed by atoms with Crippen LogP contribution < -0.4 is 19.5 Å². The summed E-state index contributed by atoms with van der Waals surface area (Å²) in [6.07, 6.45) is 0. The van der Waals surface area contributed by atoms with Crippen LogP contribution in [0.2, 0.25) is 0 Å². The molecule has 0 spiro atoms. The van der Waals surface area contributed by atoms with E-state index in [1.54, 1.807) is 36.4 Å². The van der Waals surface area contributed by atoms with Crippen LogP contribution in [0.4, 0.5) is 10.8 Å². The third-order valence-corrected chi connectivity index (χ3v) is 6.89. The molecule has 1 amide bonds. The van der Waals surface area contributed by atoms with Gasteiger partial charge in [0.05, 0.1) is 15.1 Å². The van der Waals surface area contributed by atoms with Crippen LogP contribution in [0.3, 0.4) is 0 Å². The molecule has 0 saturated carbocycles. The van der Waals surface area contributed by atoms with Gasteiger partial charge in [-0.25, -0.2) is 13.4 Å². The second-order valence-corrected chi connectivity index (χ2v) is 9.36. The van der Waals surface area contributed by atoms with Crippen LogP contribution in [0.1, 0.15) is 10.4 Å². The van der Waals surface area contributed by atoms with Gasteiger partial charge < -0.3 is 9.47 Å². The predicted molar refractivity (Wildman–Crippen MR) is 117 cm³/mol. The molecule has 156 valence electrons. The first-order valence-corrected chi connectivity index (χ1v) is 11.5. The number of ether oxygens (including phenoxy) is 2. The summed E-state index contributed by atoms with van der Waals surface area (Å²) in [7, 11) is -3.69. The van der Waals surface area contributed by atoms with E-state index in [1.165, 1.54) is 35.6 Å². The first-order chi connectivity index (χ1) is 15.0. The number of carbonyl (C=O) groups is 1. The third-order valence-electron chi connectivity index (χ3n) is 4.56. The van der Waals surface area contributed by atoms with Crippen molar-refractivity contribution in [3.63, 3.8) is 0 Å². The lowest BCUT2D eigenvalue weighted by Gasteiger charge is -2.08. The Kier molecular flexibility index (Phi) is 4.72. The molecule has 8 nitrogen and oxygen atoms in total. The molecule has 31 heavy (non-hydrogen) atoms. The largest absolute Gasteiger partial charge is 0.454 e.